The summed E-state index contributed by atoms with van der Waals surface area (Å²) < 4.78 is 5.30. The number of carboxylic acids is 1. The molecule has 0 fully saturated rings. The standard InChI is InChI=1S/C11H13NO4S/c13-10(14)1-3-12-11(15)9-5-7-6-16-4-2-8(7)17-9/h5H,1-4,6H2,(H,12,15)(H,13,14). The Kier molecular flexibility index (Phi) is 3.75. The molecule has 1 aliphatic rings. The molecule has 0 spiro atoms. The lowest BCUT2D eigenvalue weighted by atomic mass is 10.2. The molecule has 6 heteroatoms. The predicted molar refractivity (Wildman–Crippen MR) is 62.3 cm³/mol. The Morgan fingerprint density at radius 2 is 2.35 bits per heavy atom. The molecule has 0 radical (unpaired) electrons. The summed E-state index contributed by atoms with van der Waals surface area (Å²) in [5, 5.41) is 11.1. The topological polar surface area (TPSA) is 75.6 Å². The van der Waals surface area contributed by atoms with Crippen molar-refractivity contribution in [2.24, 2.45) is 0 Å². The van der Waals surface area contributed by atoms with Crippen LogP contribution in [0.5, 0.6) is 0 Å². The number of nitrogens with one attached hydrogen (secondary N) is 1. The molecule has 2 heterocycles. The molecular formula is C11H13NO4S. The first kappa shape index (κ1) is 12.1. The number of ether oxygens (including phenoxy) is 1. The lowest BCUT2D eigenvalue weighted by Gasteiger charge is -2.10. The fourth-order valence-electron chi connectivity index (χ4n) is 1.63. The molecule has 1 aromatic rings. The van der Waals surface area contributed by atoms with Gasteiger partial charge in [-0.1, -0.05) is 0 Å². The van der Waals surface area contributed by atoms with Gasteiger partial charge in [-0.2, -0.15) is 0 Å². The molecule has 0 bridgehead atoms. The van der Waals surface area contributed by atoms with Crippen molar-refractivity contribution in [2.45, 2.75) is 19.4 Å². The number of carbonyl (C=O) groups is 2. The van der Waals surface area contributed by atoms with E-state index in [0.717, 1.165) is 12.0 Å². The summed E-state index contributed by atoms with van der Waals surface area (Å²) in [6.45, 7) is 1.43. The van der Waals surface area contributed by atoms with E-state index in [-0.39, 0.29) is 18.9 Å². The van der Waals surface area contributed by atoms with Crippen LogP contribution in [0.4, 0.5) is 0 Å². The van der Waals surface area contributed by atoms with E-state index >= 15 is 0 Å². The fourth-order valence-corrected chi connectivity index (χ4v) is 2.70. The molecule has 2 rings (SSSR count). The first-order valence-corrected chi connectivity index (χ1v) is 6.18. The summed E-state index contributed by atoms with van der Waals surface area (Å²) in [6, 6.07) is 1.83. The summed E-state index contributed by atoms with van der Waals surface area (Å²) in [5.74, 6) is -1.12. The lowest BCUT2D eigenvalue weighted by Crippen LogP contribution is -2.25. The van der Waals surface area contributed by atoms with Crippen molar-refractivity contribution in [3.63, 3.8) is 0 Å². The van der Waals surface area contributed by atoms with Crippen LogP contribution in [-0.4, -0.2) is 30.1 Å². The summed E-state index contributed by atoms with van der Waals surface area (Å²) in [7, 11) is 0. The maximum absolute atomic E-state index is 11.7. The minimum atomic E-state index is -0.913. The van der Waals surface area contributed by atoms with Crippen molar-refractivity contribution < 1.29 is 19.4 Å². The lowest BCUT2D eigenvalue weighted by molar-refractivity contribution is -0.136. The molecule has 0 aromatic carbocycles. The Hall–Kier alpha value is -1.40. The molecule has 0 saturated heterocycles. The second-order valence-electron chi connectivity index (χ2n) is 3.76. The van der Waals surface area contributed by atoms with Crippen molar-refractivity contribution in [3.8, 4) is 0 Å². The van der Waals surface area contributed by atoms with Crippen LogP contribution in [0.25, 0.3) is 0 Å². The zero-order chi connectivity index (χ0) is 12.3. The Bertz CT molecular complexity index is 417. The quantitative estimate of drug-likeness (QED) is 0.842. The smallest absolute Gasteiger partial charge is 0.305 e. The Morgan fingerprint density at radius 1 is 1.53 bits per heavy atom. The maximum atomic E-state index is 11.7. The van der Waals surface area contributed by atoms with Gasteiger partial charge in [-0.15, -0.1) is 11.3 Å². The molecule has 92 valence electrons. The highest BCUT2D eigenvalue weighted by molar-refractivity contribution is 7.14. The van der Waals surface area contributed by atoms with Crippen LogP contribution < -0.4 is 5.32 Å². The number of fused-ring (bicyclic) bond motifs is 1. The molecule has 5 nitrogen and oxygen atoms in total. The van der Waals surface area contributed by atoms with Gasteiger partial charge in [0.15, 0.2) is 0 Å². The first-order chi connectivity index (χ1) is 8.16. The van der Waals surface area contributed by atoms with Crippen LogP contribution in [0.1, 0.15) is 26.5 Å². The van der Waals surface area contributed by atoms with E-state index in [4.69, 9.17) is 9.84 Å². The number of amides is 1. The minimum absolute atomic E-state index is 0.0556. The Morgan fingerprint density at radius 3 is 3.06 bits per heavy atom. The van der Waals surface area contributed by atoms with E-state index in [1.54, 1.807) is 0 Å². The zero-order valence-corrected chi connectivity index (χ0v) is 10.0. The van der Waals surface area contributed by atoms with E-state index in [1.807, 2.05) is 6.07 Å². The van der Waals surface area contributed by atoms with Gasteiger partial charge in [0.05, 0.1) is 24.5 Å². The van der Waals surface area contributed by atoms with Crippen LogP contribution in [-0.2, 0) is 22.6 Å². The third-order valence-corrected chi connectivity index (χ3v) is 3.71. The van der Waals surface area contributed by atoms with E-state index in [2.05, 4.69) is 5.32 Å². The van der Waals surface area contributed by atoms with Crippen molar-refractivity contribution in [1.82, 2.24) is 5.32 Å². The van der Waals surface area contributed by atoms with Gasteiger partial charge in [-0.3, -0.25) is 9.59 Å². The molecule has 17 heavy (non-hydrogen) atoms. The number of carbonyl (C=O) groups excluding carboxylic acids is 1. The number of aliphatic carboxylic acids is 1. The van der Waals surface area contributed by atoms with Gasteiger partial charge in [0, 0.05) is 17.8 Å². The van der Waals surface area contributed by atoms with Crippen LogP contribution in [0.2, 0.25) is 0 Å². The van der Waals surface area contributed by atoms with E-state index in [0.29, 0.717) is 18.1 Å². The molecule has 0 saturated carbocycles. The molecule has 0 unspecified atom stereocenters. The van der Waals surface area contributed by atoms with Gasteiger partial charge >= 0.3 is 5.97 Å². The monoisotopic (exact) mass is 255 g/mol. The number of rotatable bonds is 4. The van der Waals surface area contributed by atoms with Crippen LogP contribution in [0.3, 0.4) is 0 Å². The average Bonchev–Trinajstić information content (AvgIpc) is 2.71. The molecule has 0 atom stereocenters. The summed E-state index contributed by atoms with van der Waals surface area (Å²) in [5.41, 5.74) is 1.07. The Labute approximate surface area is 102 Å². The van der Waals surface area contributed by atoms with Crippen molar-refractivity contribution in [3.05, 3.63) is 21.4 Å². The van der Waals surface area contributed by atoms with Gasteiger partial charge in [0.1, 0.15) is 0 Å². The van der Waals surface area contributed by atoms with E-state index < -0.39 is 5.97 Å². The third-order valence-electron chi connectivity index (χ3n) is 2.48. The van der Waals surface area contributed by atoms with E-state index in [1.165, 1.54) is 16.2 Å². The SMILES string of the molecule is O=C(O)CCNC(=O)c1cc2c(s1)CCOC2. The molecule has 1 aromatic heterocycles. The van der Waals surface area contributed by atoms with Crippen LogP contribution in [0, 0.1) is 0 Å². The Balaban J connectivity index is 1.95. The molecule has 0 aliphatic carbocycles. The van der Waals surface area contributed by atoms with Gasteiger partial charge in [0.25, 0.3) is 5.91 Å². The van der Waals surface area contributed by atoms with Crippen LogP contribution >= 0.6 is 11.3 Å². The molecule has 2 N–H and O–H groups in total. The molecule has 1 amide bonds. The highest BCUT2D eigenvalue weighted by Crippen LogP contribution is 2.26. The summed E-state index contributed by atoms with van der Waals surface area (Å²) in [4.78, 5) is 23.8. The molecular weight excluding hydrogens is 242 g/mol. The highest BCUT2D eigenvalue weighted by atomic mass is 32.1. The first-order valence-electron chi connectivity index (χ1n) is 5.36. The van der Waals surface area contributed by atoms with Gasteiger partial charge in [0.2, 0.25) is 0 Å². The predicted octanol–water partition coefficient (Wildman–Crippen LogP) is 1.03. The van der Waals surface area contributed by atoms with Gasteiger partial charge in [-0.25, -0.2) is 0 Å². The largest absolute Gasteiger partial charge is 0.481 e. The normalized spacial score (nSPS) is 14.1. The second-order valence-corrected chi connectivity index (χ2v) is 4.90. The van der Waals surface area contributed by atoms with Crippen LogP contribution in [0.15, 0.2) is 6.07 Å². The third kappa shape index (κ3) is 3.04. The average molecular weight is 255 g/mol. The summed E-state index contributed by atoms with van der Waals surface area (Å²) >= 11 is 1.46. The number of carboxylic acid groups (broad SMARTS) is 1. The minimum Gasteiger partial charge on any atom is -0.481 e. The number of hydrogen-bond donors (Lipinski definition) is 2. The second kappa shape index (κ2) is 5.29. The van der Waals surface area contributed by atoms with E-state index in [9.17, 15) is 9.59 Å². The zero-order valence-electron chi connectivity index (χ0n) is 9.19. The van der Waals surface area contributed by atoms with Gasteiger partial charge in [-0.05, 0) is 11.6 Å². The summed E-state index contributed by atoms with van der Waals surface area (Å²) in [6.07, 6.45) is 0.794. The maximum Gasteiger partial charge on any atom is 0.305 e. The van der Waals surface area contributed by atoms with Crippen molar-refractivity contribution >= 4 is 23.2 Å². The van der Waals surface area contributed by atoms with Crippen molar-refractivity contribution in [2.75, 3.05) is 13.2 Å². The van der Waals surface area contributed by atoms with Gasteiger partial charge < -0.3 is 15.2 Å². The van der Waals surface area contributed by atoms with Crippen molar-refractivity contribution in [1.29, 1.82) is 0 Å². The highest BCUT2D eigenvalue weighted by Gasteiger charge is 2.17. The fraction of sp³-hybridized carbons (Fsp3) is 0.455. The number of thiophene rings is 1. The number of hydrogen-bond acceptors (Lipinski definition) is 4. The molecule has 1 aliphatic heterocycles.